The Bertz CT molecular complexity index is 1290. The van der Waals surface area contributed by atoms with Crippen LogP contribution in [0.5, 0.6) is 0 Å². The molecule has 0 radical (unpaired) electrons. The van der Waals surface area contributed by atoms with Crippen LogP contribution in [0.25, 0.3) is 0 Å². The second-order valence-electron chi connectivity index (χ2n) is 14.8. The zero-order valence-corrected chi connectivity index (χ0v) is 35.4. The van der Waals surface area contributed by atoms with Crippen molar-refractivity contribution in [1.82, 2.24) is 10.6 Å². The van der Waals surface area contributed by atoms with Gasteiger partial charge in [0, 0.05) is 25.2 Å². The molecule has 0 bridgehead atoms. The van der Waals surface area contributed by atoms with Gasteiger partial charge in [-0.3, -0.25) is 9.59 Å². The molecule has 20 nitrogen and oxygen atoms in total. The van der Waals surface area contributed by atoms with Gasteiger partial charge in [0.05, 0.1) is 98.5 Å². The van der Waals surface area contributed by atoms with Crippen LogP contribution >= 0.6 is 0 Å². The lowest BCUT2D eigenvalue weighted by Gasteiger charge is -2.39. The van der Waals surface area contributed by atoms with Gasteiger partial charge in [-0.15, -0.1) is 0 Å². The van der Waals surface area contributed by atoms with Crippen molar-refractivity contribution in [3.8, 4) is 0 Å². The summed E-state index contributed by atoms with van der Waals surface area (Å²) in [5, 5.41) is 47.4. The van der Waals surface area contributed by atoms with E-state index in [-0.39, 0.29) is 31.4 Å². The standard InChI is InChI=1S/C40H70N4O16/c1-40(2,3)60-39(51)43-14-17-53-19-21-55-23-25-57-27-26-56-24-22-54-20-18-52-15-12-33(46)42-13-5-4-6-31(41)37(50)44-30-9-7-29(8-10-30)11-16-58-38-36(49)35(48)34(47)32(28-45)59-38/h7-10,31-32,34-36,38,45,47-49H,4-6,11-28,41H2,1-3H3,(H,42,46)(H,43,51)(H,44,50)/t31-,32+,34+,35-,36+,38+/m0/s1. The molecule has 2 rings (SSSR count). The summed E-state index contributed by atoms with van der Waals surface area (Å²) in [6, 6.07) is 6.35. The zero-order valence-electron chi connectivity index (χ0n) is 35.4. The molecule has 1 heterocycles. The van der Waals surface area contributed by atoms with Crippen LogP contribution in [0.4, 0.5) is 10.5 Å². The van der Waals surface area contributed by atoms with Crippen LogP contribution in [0.15, 0.2) is 24.3 Å². The van der Waals surface area contributed by atoms with Crippen molar-refractivity contribution in [2.24, 2.45) is 5.73 Å². The third-order valence-corrected chi connectivity index (χ3v) is 8.59. The Labute approximate surface area is 353 Å². The quantitative estimate of drug-likeness (QED) is 0.0418. The van der Waals surface area contributed by atoms with Crippen LogP contribution in [0.3, 0.4) is 0 Å². The Morgan fingerprint density at radius 2 is 1.27 bits per heavy atom. The van der Waals surface area contributed by atoms with Crippen molar-refractivity contribution in [3.05, 3.63) is 29.8 Å². The molecule has 0 unspecified atom stereocenters. The average molecular weight is 863 g/mol. The van der Waals surface area contributed by atoms with E-state index in [4.69, 9.17) is 48.4 Å². The summed E-state index contributed by atoms with van der Waals surface area (Å²) >= 11 is 0. The van der Waals surface area contributed by atoms with E-state index in [0.29, 0.717) is 117 Å². The maximum Gasteiger partial charge on any atom is 0.407 e. The molecule has 1 aliphatic heterocycles. The van der Waals surface area contributed by atoms with Crippen LogP contribution in [-0.4, -0.2) is 186 Å². The predicted octanol–water partition coefficient (Wildman–Crippen LogP) is -0.388. The fourth-order valence-electron chi connectivity index (χ4n) is 5.33. The number of carbonyl (C=O) groups excluding carboxylic acids is 3. The number of ether oxygens (including phenoxy) is 9. The lowest BCUT2D eigenvalue weighted by molar-refractivity contribution is -0.300. The number of hydrogen-bond donors (Lipinski definition) is 8. The largest absolute Gasteiger partial charge is 0.444 e. The Hall–Kier alpha value is -3.09. The van der Waals surface area contributed by atoms with Crippen molar-refractivity contribution < 1.29 is 77.4 Å². The molecule has 1 fully saturated rings. The molecule has 9 N–H and O–H groups in total. The number of anilines is 1. The molecule has 0 aliphatic carbocycles. The fraction of sp³-hybridized carbons (Fsp3) is 0.775. The topological polar surface area (TPSA) is 277 Å². The van der Waals surface area contributed by atoms with Crippen LogP contribution in [0.1, 0.15) is 52.0 Å². The van der Waals surface area contributed by atoms with Gasteiger partial charge in [0.1, 0.15) is 30.0 Å². The van der Waals surface area contributed by atoms with Gasteiger partial charge in [0.2, 0.25) is 11.8 Å². The predicted molar refractivity (Wildman–Crippen MR) is 217 cm³/mol. The summed E-state index contributed by atoms with van der Waals surface area (Å²) in [7, 11) is 0. The zero-order chi connectivity index (χ0) is 44.0. The molecule has 1 saturated heterocycles. The minimum Gasteiger partial charge on any atom is -0.444 e. The SMILES string of the molecule is CC(C)(C)OC(=O)NCCOCCOCCOCCOCCOCCOCCC(=O)NCCCC[C@H](N)C(=O)Nc1ccc(CCO[C@@H]2O[C@H](CO)[C@@H](O)[C@H](O)[C@H]2O)cc1. The Morgan fingerprint density at radius 3 is 1.82 bits per heavy atom. The second kappa shape index (κ2) is 31.7. The number of amides is 3. The Balaban J connectivity index is 1.33. The van der Waals surface area contributed by atoms with Crippen molar-refractivity contribution in [2.45, 2.75) is 95.2 Å². The van der Waals surface area contributed by atoms with E-state index >= 15 is 0 Å². The molecule has 20 heteroatoms. The van der Waals surface area contributed by atoms with E-state index in [1.807, 2.05) is 0 Å². The van der Waals surface area contributed by atoms with Gasteiger partial charge in [-0.25, -0.2) is 4.79 Å². The summed E-state index contributed by atoms with van der Waals surface area (Å²) < 4.78 is 48.7. The number of rotatable bonds is 33. The Morgan fingerprint density at radius 1 is 0.717 bits per heavy atom. The minimum atomic E-state index is -1.50. The first-order valence-corrected chi connectivity index (χ1v) is 20.6. The highest BCUT2D eigenvalue weighted by Gasteiger charge is 2.43. The summed E-state index contributed by atoms with van der Waals surface area (Å²) in [5.41, 5.74) is 6.99. The second-order valence-corrected chi connectivity index (χ2v) is 14.8. The number of carbonyl (C=O) groups is 3. The molecule has 6 atom stereocenters. The van der Waals surface area contributed by atoms with Gasteiger partial charge >= 0.3 is 6.09 Å². The molecular formula is C40H70N4O16. The average Bonchev–Trinajstić information content (AvgIpc) is 3.21. The van der Waals surface area contributed by atoms with Gasteiger partial charge in [0.15, 0.2) is 6.29 Å². The molecular weight excluding hydrogens is 792 g/mol. The smallest absolute Gasteiger partial charge is 0.407 e. The maximum absolute atomic E-state index is 12.6. The van der Waals surface area contributed by atoms with Crippen LogP contribution in [0.2, 0.25) is 0 Å². The first kappa shape index (κ1) is 53.0. The Kier molecular flexibility index (Phi) is 28.0. The van der Waals surface area contributed by atoms with Gasteiger partial charge < -0.3 is 84.7 Å². The number of aliphatic hydroxyl groups excluding tert-OH is 4. The molecule has 1 aromatic carbocycles. The number of aliphatic hydroxyl groups is 4. The first-order chi connectivity index (χ1) is 28.8. The summed E-state index contributed by atoms with van der Waals surface area (Å²) in [4.78, 5) is 36.2. The monoisotopic (exact) mass is 862 g/mol. The minimum absolute atomic E-state index is 0.125. The van der Waals surface area contributed by atoms with Crippen molar-refractivity contribution in [1.29, 1.82) is 0 Å². The summed E-state index contributed by atoms with van der Waals surface area (Å²) in [6.07, 6.45) is -4.68. The molecule has 346 valence electrons. The van der Waals surface area contributed by atoms with Crippen molar-refractivity contribution >= 4 is 23.6 Å². The van der Waals surface area contributed by atoms with Gasteiger partial charge in [-0.2, -0.15) is 0 Å². The van der Waals surface area contributed by atoms with Gasteiger partial charge in [-0.05, 0) is 64.2 Å². The number of hydrogen-bond acceptors (Lipinski definition) is 17. The van der Waals surface area contributed by atoms with Crippen LogP contribution in [0, 0.1) is 0 Å². The van der Waals surface area contributed by atoms with Crippen molar-refractivity contribution in [3.63, 3.8) is 0 Å². The molecule has 0 aromatic heterocycles. The lowest BCUT2D eigenvalue weighted by atomic mass is 9.99. The third kappa shape index (κ3) is 25.0. The van der Waals surface area contributed by atoms with E-state index in [9.17, 15) is 34.8 Å². The lowest BCUT2D eigenvalue weighted by Crippen LogP contribution is -2.59. The maximum atomic E-state index is 12.6. The fourth-order valence-corrected chi connectivity index (χ4v) is 5.33. The number of nitrogens with two attached hydrogens (primary N) is 1. The molecule has 0 saturated carbocycles. The van der Waals surface area contributed by atoms with E-state index < -0.39 is 55.0 Å². The van der Waals surface area contributed by atoms with Gasteiger partial charge in [0.25, 0.3) is 0 Å². The van der Waals surface area contributed by atoms with E-state index in [1.54, 1.807) is 45.0 Å². The molecule has 0 spiro atoms. The summed E-state index contributed by atoms with van der Waals surface area (Å²) in [5.74, 6) is -0.446. The highest BCUT2D eigenvalue weighted by molar-refractivity contribution is 5.94. The molecule has 3 amide bonds. The highest BCUT2D eigenvalue weighted by atomic mass is 16.7. The number of alkyl carbamates (subject to hydrolysis) is 1. The molecule has 1 aliphatic rings. The van der Waals surface area contributed by atoms with Crippen LogP contribution in [-0.2, 0) is 58.6 Å². The molecule has 1 aromatic rings. The van der Waals surface area contributed by atoms with Gasteiger partial charge in [-0.1, -0.05) is 12.1 Å². The third-order valence-electron chi connectivity index (χ3n) is 8.59. The van der Waals surface area contributed by atoms with Crippen LogP contribution < -0.4 is 21.7 Å². The van der Waals surface area contributed by atoms with E-state index in [1.165, 1.54) is 0 Å². The van der Waals surface area contributed by atoms with Crippen molar-refractivity contribution in [2.75, 3.05) is 111 Å². The van der Waals surface area contributed by atoms with E-state index in [0.717, 1.165) is 5.56 Å². The highest BCUT2D eigenvalue weighted by Crippen LogP contribution is 2.22. The number of nitrogens with one attached hydrogen (secondary N) is 3. The number of unbranched alkanes of at least 4 members (excludes halogenated alkanes) is 1. The van der Waals surface area contributed by atoms with E-state index in [2.05, 4.69) is 16.0 Å². The normalized spacial score (nSPS) is 19.8. The number of benzene rings is 1. The molecule has 60 heavy (non-hydrogen) atoms. The first-order valence-electron chi connectivity index (χ1n) is 20.6. The summed E-state index contributed by atoms with van der Waals surface area (Å²) in [6.45, 7) is 10.6.